The average molecular weight is 1220 g/mol. The number of rotatable bonds is 14. The first-order chi connectivity index (χ1) is 39.5. The summed E-state index contributed by atoms with van der Waals surface area (Å²) in [6.45, 7) is 4.58. The van der Waals surface area contributed by atoms with Crippen molar-refractivity contribution in [2.45, 2.75) is 83.7 Å². The molecule has 10 bridgehead atoms. The molecule has 23 nitrogen and oxygen atoms in total. The number of benzene rings is 1. The van der Waals surface area contributed by atoms with Crippen LogP contribution in [0.15, 0.2) is 64.0 Å². The maximum absolute atomic E-state index is 14.2. The number of nitrogens with one attached hydrogen (secondary N) is 6. The fourth-order valence-electron chi connectivity index (χ4n) is 8.44. The SMILES string of the molecule is CNC(=O)CC1NC(=O)c2csc(n2)-c2ccc(-c3nc(C(=O)NCCCCCC(=O)O)cs3)nc2-c2csc(n2)-c2csc(n2)C(C(O)c2ccccc2)NC(=O)CNC(=O)c2nc(sc2CO)C(C(C)C)NC(=O)c2nc1sc2C. The molecule has 426 valence electrons. The van der Waals surface area contributed by atoms with E-state index in [0.29, 0.717) is 89.6 Å². The molecule has 1 aliphatic heterocycles. The van der Waals surface area contributed by atoms with E-state index in [1.54, 1.807) is 70.9 Å². The second kappa shape index (κ2) is 26.5. The van der Waals surface area contributed by atoms with Crippen LogP contribution in [0.4, 0.5) is 0 Å². The second-order valence-corrected chi connectivity index (χ2v) is 24.7. The van der Waals surface area contributed by atoms with Crippen LogP contribution in [-0.2, 0) is 21.0 Å². The van der Waals surface area contributed by atoms with Gasteiger partial charge in [0.25, 0.3) is 23.6 Å². The summed E-state index contributed by atoms with van der Waals surface area (Å²) in [6.07, 6.45) is 0.253. The molecular formula is C53H53N13O10S6. The predicted molar refractivity (Wildman–Crippen MR) is 311 cm³/mol. The van der Waals surface area contributed by atoms with E-state index in [9.17, 15) is 43.8 Å². The summed E-state index contributed by atoms with van der Waals surface area (Å²) in [5, 5.41) is 56.7. The molecule has 1 aliphatic rings. The Balaban J connectivity index is 1.10. The van der Waals surface area contributed by atoms with Crippen molar-refractivity contribution >= 4 is 109 Å². The van der Waals surface area contributed by atoms with Crippen molar-refractivity contribution in [3.05, 3.63) is 117 Å². The lowest BCUT2D eigenvalue weighted by molar-refractivity contribution is -0.137. The van der Waals surface area contributed by atoms with Crippen LogP contribution in [0.3, 0.4) is 0 Å². The highest BCUT2D eigenvalue weighted by Gasteiger charge is 2.33. The molecule has 0 aliphatic carbocycles. The van der Waals surface area contributed by atoms with E-state index in [0.717, 1.165) is 34.0 Å². The van der Waals surface area contributed by atoms with Gasteiger partial charge in [0.2, 0.25) is 11.8 Å². The van der Waals surface area contributed by atoms with E-state index in [4.69, 9.17) is 25.0 Å². The first kappa shape index (κ1) is 59.0. The number of hydrogen-bond acceptors (Lipinski definition) is 22. The lowest BCUT2D eigenvalue weighted by Gasteiger charge is -2.23. The normalized spacial score (nSPS) is 16.4. The minimum absolute atomic E-state index is 0.0106. The van der Waals surface area contributed by atoms with Gasteiger partial charge in [0.1, 0.15) is 82.0 Å². The van der Waals surface area contributed by atoms with Crippen molar-refractivity contribution in [3.8, 4) is 43.4 Å². The highest BCUT2D eigenvalue weighted by Crippen LogP contribution is 2.40. The molecule has 29 heteroatoms. The number of carbonyl (C=O) groups is 7. The summed E-state index contributed by atoms with van der Waals surface area (Å²) >= 11 is 6.92. The number of unbranched alkanes of at least 4 members (excludes halogenated alkanes) is 2. The topological polar surface area (TPSA) is 343 Å². The Bertz CT molecular complexity index is 3660. The third-order valence-corrected chi connectivity index (χ3v) is 18.4. The summed E-state index contributed by atoms with van der Waals surface area (Å²) in [4.78, 5) is 127. The molecule has 6 amide bonds. The van der Waals surface area contributed by atoms with E-state index >= 15 is 0 Å². The summed E-state index contributed by atoms with van der Waals surface area (Å²) in [7, 11) is 1.46. The zero-order valence-electron chi connectivity index (χ0n) is 44.2. The Hall–Kier alpha value is -7.64. The van der Waals surface area contributed by atoms with Crippen LogP contribution in [0, 0.1) is 12.8 Å². The molecule has 0 saturated carbocycles. The van der Waals surface area contributed by atoms with Gasteiger partial charge in [-0.05, 0) is 43.4 Å². The molecular weight excluding hydrogens is 1170 g/mol. The first-order valence-electron chi connectivity index (χ1n) is 25.5. The Morgan fingerprint density at radius 1 is 0.683 bits per heavy atom. The molecule has 4 atom stereocenters. The Morgan fingerprint density at radius 3 is 2.16 bits per heavy atom. The first-order valence-corrected chi connectivity index (χ1v) is 30.7. The maximum Gasteiger partial charge on any atom is 0.303 e. The minimum Gasteiger partial charge on any atom is -0.481 e. The number of thiazole rings is 6. The molecule has 0 radical (unpaired) electrons. The number of aliphatic carboxylic acids is 1. The van der Waals surface area contributed by atoms with Crippen molar-refractivity contribution in [1.29, 1.82) is 0 Å². The van der Waals surface area contributed by atoms with Crippen LogP contribution in [0.1, 0.15) is 142 Å². The minimum atomic E-state index is -1.30. The van der Waals surface area contributed by atoms with Gasteiger partial charge >= 0.3 is 5.97 Å². The van der Waals surface area contributed by atoms with E-state index < -0.39 is 78.8 Å². The molecule has 0 spiro atoms. The van der Waals surface area contributed by atoms with E-state index in [-0.39, 0.29) is 51.4 Å². The van der Waals surface area contributed by atoms with Gasteiger partial charge in [-0.15, -0.1) is 68.0 Å². The number of hydrogen-bond donors (Lipinski definition) is 9. The maximum atomic E-state index is 14.2. The van der Waals surface area contributed by atoms with Gasteiger partial charge in [0.15, 0.2) is 0 Å². The Labute approximate surface area is 492 Å². The molecule has 9 rings (SSSR count). The number of aryl methyl sites for hydroxylation is 1. The number of amides is 6. The lowest BCUT2D eigenvalue weighted by Crippen LogP contribution is -2.40. The van der Waals surface area contributed by atoms with Gasteiger partial charge in [-0.3, -0.25) is 33.6 Å². The molecule has 7 aromatic heterocycles. The Kier molecular flexibility index (Phi) is 19.1. The molecule has 0 saturated heterocycles. The molecule has 8 heterocycles. The monoisotopic (exact) mass is 1220 g/mol. The third-order valence-electron chi connectivity index (χ3n) is 12.7. The van der Waals surface area contributed by atoms with Gasteiger partial charge in [-0.2, -0.15) is 0 Å². The fourth-order valence-corrected chi connectivity index (χ4v) is 13.9. The standard InChI is InChI=1S/C53H53N13O10S6/c1-24(2)38-53-66-41(34(19-67)82-53)46(75)56-18-36(69)63-42(43(72)26-11-7-5-8-12-26)52-62-33(23-80-52)50-59-30(20-78-50)40-27(14-15-28(57-40)49-61-31(21-79-49)44(73)55-16-10-6-9-13-37(70)71)48-60-32(22-77-48)45(74)58-29(17-35(68)54-4)51-65-39(25(3)81-51)47(76)64-38/h5,7-8,11-12,14-15,20-24,29,38,42-43,67,72H,6,9-10,13,16-19H2,1-4H3,(H,54,68)(H,55,73)(H,56,75)(H,58,74)(H,63,69)(H,64,76)(H,70,71). The van der Waals surface area contributed by atoms with Gasteiger partial charge in [0.05, 0.1) is 42.2 Å². The smallest absolute Gasteiger partial charge is 0.303 e. The Morgan fingerprint density at radius 2 is 1.40 bits per heavy atom. The lowest BCUT2D eigenvalue weighted by atomic mass is 10.0. The van der Waals surface area contributed by atoms with Crippen LogP contribution in [0.25, 0.3) is 43.4 Å². The number of carbonyl (C=O) groups excluding carboxylic acids is 6. The number of aromatic nitrogens is 7. The van der Waals surface area contributed by atoms with Crippen molar-refractivity contribution < 1.29 is 48.9 Å². The molecule has 4 unspecified atom stereocenters. The van der Waals surface area contributed by atoms with Crippen LogP contribution >= 0.6 is 68.0 Å². The highest BCUT2D eigenvalue weighted by molar-refractivity contribution is 7.15. The molecule has 1 aromatic carbocycles. The number of fused-ring (bicyclic) bond motifs is 14. The van der Waals surface area contributed by atoms with Crippen LogP contribution < -0.4 is 31.9 Å². The van der Waals surface area contributed by atoms with Crippen molar-refractivity contribution in [3.63, 3.8) is 0 Å². The summed E-state index contributed by atoms with van der Waals surface area (Å²) < 4.78 is 0. The van der Waals surface area contributed by atoms with E-state index in [1.807, 2.05) is 13.8 Å². The summed E-state index contributed by atoms with van der Waals surface area (Å²) in [6, 6.07) is 9.28. The van der Waals surface area contributed by atoms with E-state index in [1.165, 1.54) is 41.1 Å². The van der Waals surface area contributed by atoms with Crippen LogP contribution in [-0.4, -0.2) is 112 Å². The van der Waals surface area contributed by atoms with Gasteiger partial charge in [-0.25, -0.2) is 34.9 Å². The number of pyridine rings is 1. The fraction of sp³-hybridized carbons (Fsp3) is 0.321. The zero-order valence-corrected chi connectivity index (χ0v) is 49.1. The second-order valence-electron chi connectivity index (χ2n) is 18.9. The van der Waals surface area contributed by atoms with Gasteiger partial charge in [-0.1, -0.05) is 50.6 Å². The number of carboxylic acids is 1. The molecule has 8 aromatic rings. The number of carboxylic acid groups (broad SMARTS) is 1. The third kappa shape index (κ3) is 13.8. The van der Waals surface area contributed by atoms with E-state index in [2.05, 4.69) is 46.9 Å². The largest absolute Gasteiger partial charge is 0.481 e. The van der Waals surface area contributed by atoms with Gasteiger partial charge in [0, 0.05) is 52.0 Å². The molecule has 9 N–H and O–H groups in total. The number of aliphatic hydroxyl groups is 2. The number of nitrogens with zero attached hydrogens (tertiary/aromatic N) is 7. The summed E-state index contributed by atoms with van der Waals surface area (Å²) in [5.74, 6) is -4.65. The molecule has 0 fully saturated rings. The zero-order chi connectivity index (χ0) is 58.2. The van der Waals surface area contributed by atoms with Crippen LogP contribution in [0.5, 0.6) is 0 Å². The predicted octanol–water partition coefficient (Wildman–Crippen LogP) is 7.03. The van der Waals surface area contributed by atoms with Crippen LogP contribution in [0.2, 0.25) is 0 Å². The quantitative estimate of drug-likeness (QED) is 0.0493. The molecule has 82 heavy (non-hydrogen) atoms. The number of aliphatic hydroxyl groups excluding tert-OH is 2. The van der Waals surface area contributed by atoms with Gasteiger partial charge < -0.3 is 47.2 Å². The average Bonchev–Trinajstić information content (AvgIpc) is 4.41. The summed E-state index contributed by atoms with van der Waals surface area (Å²) in [5.41, 5.74) is 2.57. The highest BCUT2D eigenvalue weighted by atomic mass is 32.1. The van der Waals surface area contributed by atoms with Crippen molar-refractivity contribution in [1.82, 2.24) is 66.8 Å². The van der Waals surface area contributed by atoms with Crippen molar-refractivity contribution in [2.24, 2.45) is 5.92 Å². The van der Waals surface area contributed by atoms with Crippen molar-refractivity contribution in [2.75, 3.05) is 20.1 Å².